The van der Waals surface area contributed by atoms with Gasteiger partial charge in [0, 0.05) is 5.02 Å². The molecule has 4 aromatic rings. The van der Waals surface area contributed by atoms with Crippen LogP contribution in [0.15, 0.2) is 99.9 Å². The van der Waals surface area contributed by atoms with Gasteiger partial charge < -0.3 is 9.47 Å². The van der Waals surface area contributed by atoms with Gasteiger partial charge >= 0.3 is 5.97 Å². The molecular formula is C30H25ClN2O4S. The summed E-state index contributed by atoms with van der Waals surface area (Å²) < 4.78 is 13.4. The first kappa shape index (κ1) is 25.7. The van der Waals surface area contributed by atoms with E-state index in [2.05, 4.69) is 4.99 Å². The van der Waals surface area contributed by atoms with Gasteiger partial charge in [-0.1, -0.05) is 77.5 Å². The molecule has 0 unspecified atom stereocenters. The number of carbonyl (C=O) groups excluding carboxylic acids is 1. The quantitative estimate of drug-likeness (QED) is 0.306. The third-order valence-electron chi connectivity index (χ3n) is 6.11. The van der Waals surface area contributed by atoms with Crippen LogP contribution in [0.1, 0.15) is 36.6 Å². The van der Waals surface area contributed by atoms with Gasteiger partial charge in [-0.15, -0.1) is 0 Å². The Bertz CT molecular complexity index is 1690. The largest absolute Gasteiger partial charge is 0.489 e. The van der Waals surface area contributed by atoms with Gasteiger partial charge in [0.1, 0.15) is 12.4 Å². The highest BCUT2D eigenvalue weighted by Crippen LogP contribution is 2.31. The van der Waals surface area contributed by atoms with Crippen LogP contribution in [0.2, 0.25) is 5.02 Å². The van der Waals surface area contributed by atoms with Crippen molar-refractivity contribution in [3.05, 3.63) is 132 Å². The van der Waals surface area contributed by atoms with E-state index >= 15 is 0 Å². The van der Waals surface area contributed by atoms with Crippen LogP contribution in [0.3, 0.4) is 0 Å². The van der Waals surface area contributed by atoms with Crippen LogP contribution in [-0.2, 0) is 16.1 Å². The molecule has 0 aliphatic carbocycles. The Balaban J connectivity index is 1.55. The molecule has 1 aliphatic rings. The maximum Gasteiger partial charge on any atom is 0.338 e. The Morgan fingerprint density at radius 3 is 2.58 bits per heavy atom. The molecule has 8 heteroatoms. The summed E-state index contributed by atoms with van der Waals surface area (Å²) in [6, 6.07) is 24.0. The van der Waals surface area contributed by atoms with E-state index < -0.39 is 12.0 Å². The Hall–Kier alpha value is -3.94. The average molecular weight is 545 g/mol. The third-order valence-corrected chi connectivity index (χ3v) is 7.34. The van der Waals surface area contributed by atoms with Crippen molar-refractivity contribution in [2.45, 2.75) is 26.5 Å². The molecule has 5 rings (SSSR count). The van der Waals surface area contributed by atoms with Crippen molar-refractivity contribution in [2.75, 3.05) is 6.61 Å². The van der Waals surface area contributed by atoms with Crippen LogP contribution >= 0.6 is 22.9 Å². The van der Waals surface area contributed by atoms with Gasteiger partial charge in [0.05, 0.1) is 28.5 Å². The number of aromatic nitrogens is 1. The van der Waals surface area contributed by atoms with E-state index in [0.29, 0.717) is 38.0 Å². The molecule has 192 valence electrons. The topological polar surface area (TPSA) is 69.9 Å². The number of hydrogen-bond acceptors (Lipinski definition) is 6. The van der Waals surface area contributed by atoms with Gasteiger partial charge in [-0.05, 0) is 60.9 Å². The molecule has 0 radical (unpaired) electrons. The Morgan fingerprint density at radius 1 is 1.08 bits per heavy atom. The van der Waals surface area contributed by atoms with Gasteiger partial charge in [-0.3, -0.25) is 9.36 Å². The highest BCUT2D eigenvalue weighted by atomic mass is 35.5. The number of allylic oxidation sites excluding steroid dienone is 1. The Labute approximate surface area is 228 Å². The van der Waals surface area contributed by atoms with E-state index in [1.54, 1.807) is 30.5 Å². The zero-order chi connectivity index (χ0) is 26.6. The van der Waals surface area contributed by atoms with E-state index in [1.165, 1.54) is 11.3 Å². The number of hydrogen-bond donors (Lipinski definition) is 0. The molecule has 1 atom stereocenters. The lowest BCUT2D eigenvalue weighted by Gasteiger charge is -2.24. The number of thiazole rings is 1. The SMILES string of the molecule is CCOC(=O)C1=C(C)N=c2s/c(=C\c3cccc(OCc4ccccc4)c3)c(=O)n2[C@H]1c1ccc(Cl)cc1. The van der Waals surface area contributed by atoms with Crippen molar-refractivity contribution in [1.82, 2.24) is 4.57 Å². The van der Waals surface area contributed by atoms with E-state index in [1.807, 2.05) is 72.8 Å². The molecule has 1 aromatic heterocycles. The van der Waals surface area contributed by atoms with Crippen LogP contribution in [0, 0.1) is 0 Å². The molecule has 0 bridgehead atoms. The number of rotatable bonds is 7. The molecule has 0 fully saturated rings. The summed E-state index contributed by atoms with van der Waals surface area (Å²) in [5, 5.41) is 0.564. The van der Waals surface area contributed by atoms with E-state index in [9.17, 15) is 9.59 Å². The van der Waals surface area contributed by atoms with Crippen LogP contribution < -0.4 is 19.6 Å². The molecular weight excluding hydrogens is 520 g/mol. The standard InChI is InChI=1S/C30H25ClN2O4S/c1-3-36-29(35)26-19(2)32-30-33(27(26)22-12-14-23(31)15-13-22)28(34)25(38-30)17-21-10-7-11-24(16-21)37-18-20-8-5-4-6-9-20/h4-17,27H,3,18H2,1-2H3/b25-17-/t27-/m0/s1. The first-order valence-electron chi connectivity index (χ1n) is 12.2. The van der Waals surface area contributed by atoms with Crippen molar-refractivity contribution in [3.63, 3.8) is 0 Å². The highest BCUT2D eigenvalue weighted by molar-refractivity contribution is 7.07. The lowest BCUT2D eigenvalue weighted by atomic mass is 9.96. The highest BCUT2D eigenvalue weighted by Gasteiger charge is 2.33. The predicted molar refractivity (Wildman–Crippen MR) is 149 cm³/mol. The molecule has 6 nitrogen and oxygen atoms in total. The molecule has 0 saturated heterocycles. The van der Waals surface area contributed by atoms with Gasteiger partial charge in [-0.25, -0.2) is 9.79 Å². The van der Waals surface area contributed by atoms with Crippen molar-refractivity contribution >= 4 is 35.0 Å². The van der Waals surface area contributed by atoms with Crippen molar-refractivity contribution < 1.29 is 14.3 Å². The summed E-state index contributed by atoms with van der Waals surface area (Å²) in [5.41, 5.74) is 3.26. The second-order valence-corrected chi connectivity index (χ2v) is 10.1. The summed E-state index contributed by atoms with van der Waals surface area (Å²) in [6.07, 6.45) is 1.82. The van der Waals surface area contributed by atoms with E-state index in [4.69, 9.17) is 21.1 Å². The molecule has 2 heterocycles. The monoisotopic (exact) mass is 544 g/mol. The summed E-state index contributed by atoms with van der Waals surface area (Å²) in [5.74, 6) is 0.209. The zero-order valence-corrected chi connectivity index (χ0v) is 22.5. The third kappa shape index (κ3) is 5.35. The lowest BCUT2D eigenvalue weighted by molar-refractivity contribution is -0.139. The summed E-state index contributed by atoms with van der Waals surface area (Å²) in [7, 11) is 0. The normalized spacial score (nSPS) is 15.1. The van der Waals surface area contributed by atoms with Gasteiger partial charge in [0.25, 0.3) is 5.56 Å². The maximum atomic E-state index is 13.7. The second kappa shape index (κ2) is 11.2. The van der Waals surface area contributed by atoms with Crippen LogP contribution in [-0.4, -0.2) is 17.1 Å². The summed E-state index contributed by atoms with van der Waals surface area (Å²) in [4.78, 5) is 31.9. The predicted octanol–water partition coefficient (Wildman–Crippen LogP) is 5.03. The molecule has 0 saturated carbocycles. The lowest BCUT2D eigenvalue weighted by Crippen LogP contribution is -2.39. The minimum atomic E-state index is -0.676. The average Bonchev–Trinajstić information content (AvgIpc) is 3.22. The van der Waals surface area contributed by atoms with E-state index in [0.717, 1.165) is 16.7 Å². The van der Waals surface area contributed by atoms with Crippen molar-refractivity contribution in [1.29, 1.82) is 0 Å². The Kier molecular flexibility index (Phi) is 7.58. The molecule has 0 spiro atoms. The fourth-order valence-electron chi connectivity index (χ4n) is 4.34. The van der Waals surface area contributed by atoms with E-state index in [-0.39, 0.29) is 12.2 Å². The number of halogens is 1. The number of fused-ring (bicyclic) bond motifs is 1. The molecule has 0 N–H and O–H groups in total. The maximum absolute atomic E-state index is 13.7. The molecule has 1 aliphatic heterocycles. The van der Waals surface area contributed by atoms with Gasteiger partial charge in [-0.2, -0.15) is 0 Å². The van der Waals surface area contributed by atoms with Crippen LogP contribution in [0.5, 0.6) is 5.75 Å². The number of ether oxygens (including phenoxy) is 2. The Morgan fingerprint density at radius 2 is 1.84 bits per heavy atom. The fraction of sp³-hybridized carbons (Fsp3) is 0.167. The fourth-order valence-corrected chi connectivity index (χ4v) is 5.51. The first-order chi connectivity index (χ1) is 18.4. The second-order valence-electron chi connectivity index (χ2n) is 8.70. The smallest absolute Gasteiger partial charge is 0.338 e. The van der Waals surface area contributed by atoms with Gasteiger partial charge in [0.2, 0.25) is 0 Å². The number of nitrogens with zero attached hydrogens (tertiary/aromatic N) is 2. The first-order valence-corrected chi connectivity index (χ1v) is 13.4. The zero-order valence-electron chi connectivity index (χ0n) is 20.9. The van der Waals surface area contributed by atoms with Crippen molar-refractivity contribution in [3.8, 4) is 5.75 Å². The molecule has 38 heavy (non-hydrogen) atoms. The minimum absolute atomic E-state index is 0.218. The molecule has 3 aromatic carbocycles. The number of carbonyl (C=O) groups is 1. The molecule has 0 amide bonds. The number of benzene rings is 3. The summed E-state index contributed by atoms with van der Waals surface area (Å²) >= 11 is 7.40. The van der Waals surface area contributed by atoms with Crippen LogP contribution in [0.25, 0.3) is 6.08 Å². The van der Waals surface area contributed by atoms with Gasteiger partial charge in [0.15, 0.2) is 4.80 Å². The summed E-state index contributed by atoms with van der Waals surface area (Å²) in [6.45, 7) is 4.18. The van der Waals surface area contributed by atoms with Crippen LogP contribution in [0.4, 0.5) is 0 Å². The minimum Gasteiger partial charge on any atom is -0.489 e. The van der Waals surface area contributed by atoms with Crippen molar-refractivity contribution in [2.24, 2.45) is 4.99 Å². The number of esters is 1.